The average Bonchev–Trinajstić information content (AvgIpc) is 2.66. The molecule has 0 radical (unpaired) electrons. The number of nitrogen functional groups attached to an aromatic ring is 1. The number of carbonyl (C=O) groups is 1. The zero-order chi connectivity index (χ0) is 15.5. The molecule has 0 fully saturated rings. The molecule has 2 rings (SSSR count). The van der Waals surface area contributed by atoms with Gasteiger partial charge in [-0.2, -0.15) is 8.42 Å². The van der Waals surface area contributed by atoms with Crippen LogP contribution in [0.3, 0.4) is 0 Å². The SMILES string of the molecule is CN(C)C=O.Nn1cc(S(=O)(=O)O)c2cc(F)ccc21. The maximum absolute atomic E-state index is 12.9. The van der Waals surface area contributed by atoms with Crippen molar-refractivity contribution in [3.05, 3.63) is 30.2 Å². The van der Waals surface area contributed by atoms with Gasteiger partial charge in [0.25, 0.3) is 10.1 Å². The van der Waals surface area contributed by atoms with Gasteiger partial charge in [0.1, 0.15) is 10.7 Å². The number of hydrogen-bond acceptors (Lipinski definition) is 4. The number of carbonyl (C=O) groups excluding carboxylic acids is 1. The second kappa shape index (κ2) is 5.88. The number of amides is 1. The molecule has 0 saturated heterocycles. The lowest BCUT2D eigenvalue weighted by atomic mass is 10.2. The van der Waals surface area contributed by atoms with E-state index in [-0.39, 0.29) is 5.39 Å². The van der Waals surface area contributed by atoms with Crippen LogP contribution in [0.1, 0.15) is 0 Å². The fourth-order valence-electron chi connectivity index (χ4n) is 1.40. The zero-order valence-electron chi connectivity index (χ0n) is 10.8. The van der Waals surface area contributed by atoms with Crippen molar-refractivity contribution < 1.29 is 22.2 Å². The van der Waals surface area contributed by atoms with E-state index in [2.05, 4.69) is 0 Å². The summed E-state index contributed by atoms with van der Waals surface area (Å²) >= 11 is 0. The number of nitrogens with zero attached hydrogens (tertiary/aromatic N) is 2. The summed E-state index contributed by atoms with van der Waals surface area (Å²) in [4.78, 5) is 10.5. The van der Waals surface area contributed by atoms with Gasteiger partial charge in [0, 0.05) is 25.7 Å². The van der Waals surface area contributed by atoms with Gasteiger partial charge in [-0.05, 0) is 18.2 Å². The number of benzene rings is 1. The Balaban J connectivity index is 0.000000347. The van der Waals surface area contributed by atoms with Crippen molar-refractivity contribution in [3.63, 3.8) is 0 Å². The Morgan fingerprint density at radius 3 is 2.40 bits per heavy atom. The maximum Gasteiger partial charge on any atom is 0.296 e. The fourth-order valence-corrected chi connectivity index (χ4v) is 2.09. The lowest BCUT2D eigenvalue weighted by Crippen LogP contribution is -2.06. The predicted molar refractivity (Wildman–Crippen MR) is 71.6 cm³/mol. The molecule has 0 bridgehead atoms. The topological polar surface area (TPSA) is 106 Å². The van der Waals surface area contributed by atoms with E-state index in [0.29, 0.717) is 5.52 Å². The Hall–Kier alpha value is -2.13. The molecule has 0 aliphatic rings. The summed E-state index contributed by atoms with van der Waals surface area (Å²) in [6, 6.07) is 3.49. The second-order valence-electron chi connectivity index (χ2n) is 4.11. The second-order valence-corrected chi connectivity index (χ2v) is 5.50. The first-order chi connectivity index (χ1) is 9.16. The number of rotatable bonds is 2. The minimum atomic E-state index is -4.39. The quantitative estimate of drug-likeness (QED) is 0.476. The first-order valence-corrected chi connectivity index (χ1v) is 6.75. The van der Waals surface area contributed by atoms with Crippen molar-refractivity contribution in [2.24, 2.45) is 0 Å². The van der Waals surface area contributed by atoms with Gasteiger partial charge in [0.05, 0.1) is 5.52 Å². The molecule has 3 N–H and O–H groups in total. The van der Waals surface area contributed by atoms with E-state index in [4.69, 9.17) is 10.4 Å². The highest BCUT2D eigenvalue weighted by Gasteiger charge is 2.18. The number of halogens is 1. The molecule has 7 nitrogen and oxygen atoms in total. The van der Waals surface area contributed by atoms with Gasteiger partial charge in [-0.15, -0.1) is 0 Å². The van der Waals surface area contributed by atoms with Crippen LogP contribution >= 0.6 is 0 Å². The highest BCUT2D eigenvalue weighted by molar-refractivity contribution is 7.86. The highest BCUT2D eigenvalue weighted by atomic mass is 32.2. The van der Waals surface area contributed by atoms with Crippen LogP contribution in [0, 0.1) is 5.82 Å². The average molecular weight is 303 g/mol. The van der Waals surface area contributed by atoms with Gasteiger partial charge in [-0.25, -0.2) is 4.39 Å². The molecule has 20 heavy (non-hydrogen) atoms. The van der Waals surface area contributed by atoms with E-state index in [1.807, 2.05) is 0 Å². The number of fused-ring (bicyclic) bond motifs is 1. The van der Waals surface area contributed by atoms with Crippen LogP contribution in [0.2, 0.25) is 0 Å². The van der Waals surface area contributed by atoms with Crippen LogP contribution < -0.4 is 5.84 Å². The molecule has 1 amide bonds. The predicted octanol–water partition coefficient (Wildman–Crippen LogP) is 0.445. The first-order valence-electron chi connectivity index (χ1n) is 5.31. The van der Waals surface area contributed by atoms with Crippen molar-refractivity contribution in [2.75, 3.05) is 19.9 Å². The van der Waals surface area contributed by atoms with Crippen LogP contribution in [0.15, 0.2) is 29.3 Å². The molecule has 0 aliphatic heterocycles. The molecule has 110 valence electrons. The van der Waals surface area contributed by atoms with Gasteiger partial charge >= 0.3 is 0 Å². The van der Waals surface area contributed by atoms with Gasteiger partial charge in [0.15, 0.2) is 0 Å². The summed E-state index contributed by atoms with van der Waals surface area (Å²) in [5, 5.41) is 0.0556. The molecule has 1 aromatic heterocycles. The standard InChI is InChI=1S/C8H7FN2O3S.C3H7NO/c9-5-1-2-7-6(3-5)8(4-11(7)10)15(12,13)14;1-4(2)3-5/h1-4H,10H2,(H,12,13,14);3H,1-2H3. The number of nitrogens with two attached hydrogens (primary N) is 1. The molecule has 0 spiro atoms. The Morgan fingerprint density at radius 2 is 1.95 bits per heavy atom. The van der Waals surface area contributed by atoms with E-state index >= 15 is 0 Å². The summed E-state index contributed by atoms with van der Waals surface area (Å²) in [6.45, 7) is 0. The largest absolute Gasteiger partial charge is 0.351 e. The van der Waals surface area contributed by atoms with Gasteiger partial charge < -0.3 is 10.7 Å². The Morgan fingerprint density at radius 1 is 1.40 bits per heavy atom. The third-order valence-electron chi connectivity index (χ3n) is 2.25. The van der Waals surface area contributed by atoms with Crippen molar-refractivity contribution in [3.8, 4) is 0 Å². The maximum atomic E-state index is 12.9. The summed E-state index contributed by atoms with van der Waals surface area (Å²) < 4.78 is 44.6. The summed E-state index contributed by atoms with van der Waals surface area (Å²) in [7, 11) is -1.02. The van der Waals surface area contributed by atoms with Gasteiger partial charge in [-0.1, -0.05) is 0 Å². The zero-order valence-corrected chi connectivity index (χ0v) is 11.6. The molecule has 2 aromatic rings. The number of aromatic nitrogens is 1. The Kier molecular flexibility index (Phi) is 4.69. The van der Waals surface area contributed by atoms with Crippen molar-refractivity contribution in [1.29, 1.82) is 0 Å². The van der Waals surface area contributed by atoms with E-state index in [1.165, 1.54) is 11.0 Å². The van der Waals surface area contributed by atoms with Crippen LogP contribution in [0.5, 0.6) is 0 Å². The van der Waals surface area contributed by atoms with Crippen molar-refractivity contribution in [2.45, 2.75) is 4.90 Å². The smallest absolute Gasteiger partial charge is 0.296 e. The third-order valence-corrected chi connectivity index (χ3v) is 3.13. The van der Waals surface area contributed by atoms with Crippen LogP contribution in [-0.2, 0) is 14.9 Å². The van der Waals surface area contributed by atoms with E-state index in [1.54, 1.807) is 14.1 Å². The van der Waals surface area contributed by atoms with Crippen molar-refractivity contribution >= 4 is 27.4 Å². The van der Waals surface area contributed by atoms with Crippen molar-refractivity contribution in [1.82, 2.24) is 9.58 Å². The fraction of sp³-hybridized carbons (Fsp3) is 0.182. The third kappa shape index (κ3) is 3.68. The Bertz CT molecular complexity index is 725. The molecule has 0 atom stereocenters. The minimum absolute atomic E-state index is 0.0556. The molecule has 9 heteroatoms. The molecule has 0 unspecified atom stereocenters. The normalized spacial score (nSPS) is 10.8. The van der Waals surface area contributed by atoms with Gasteiger partial charge in [-0.3, -0.25) is 14.0 Å². The number of hydrogen-bond donors (Lipinski definition) is 2. The van der Waals surface area contributed by atoms with E-state index in [0.717, 1.165) is 29.4 Å². The minimum Gasteiger partial charge on any atom is -0.351 e. The summed E-state index contributed by atoms with van der Waals surface area (Å²) in [5.41, 5.74) is 0.323. The summed E-state index contributed by atoms with van der Waals surface area (Å²) in [5.74, 6) is 4.84. The highest BCUT2D eigenvalue weighted by Crippen LogP contribution is 2.24. The van der Waals surface area contributed by atoms with E-state index in [9.17, 15) is 17.6 Å². The summed E-state index contributed by atoms with van der Waals surface area (Å²) in [6.07, 6.45) is 1.78. The van der Waals surface area contributed by atoms with Gasteiger partial charge in [0.2, 0.25) is 6.41 Å². The molecular weight excluding hydrogens is 289 g/mol. The molecular formula is C11H14FN3O4S. The molecule has 0 aliphatic carbocycles. The molecule has 0 saturated carbocycles. The Labute approximate surface area is 115 Å². The lowest BCUT2D eigenvalue weighted by molar-refractivity contribution is -0.115. The molecule has 1 aromatic carbocycles. The first kappa shape index (κ1) is 15.9. The van der Waals surface area contributed by atoms with Crippen LogP contribution in [0.25, 0.3) is 10.9 Å². The molecule has 1 heterocycles. The van der Waals surface area contributed by atoms with E-state index < -0.39 is 20.8 Å². The van der Waals surface area contributed by atoms with Crippen LogP contribution in [0.4, 0.5) is 4.39 Å². The monoisotopic (exact) mass is 303 g/mol. The lowest BCUT2D eigenvalue weighted by Gasteiger charge is -1.95. The van der Waals surface area contributed by atoms with Crippen LogP contribution in [-0.4, -0.2) is 43.1 Å².